The van der Waals surface area contributed by atoms with Gasteiger partial charge < -0.3 is 14.7 Å². The van der Waals surface area contributed by atoms with Crippen molar-refractivity contribution in [1.82, 2.24) is 20.0 Å². The summed E-state index contributed by atoms with van der Waals surface area (Å²) in [5.74, 6) is -0.0609. The fraction of sp³-hybridized carbons (Fsp3) is 0.304. The molecule has 7 nitrogen and oxygen atoms in total. The lowest BCUT2D eigenvalue weighted by Gasteiger charge is -2.38. The van der Waals surface area contributed by atoms with Gasteiger partial charge in [0.2, 0.25) is 0 Å². The summed E-state index contributed by atoms with van der Waals surface area (Å²) >= 11 is 0. The minimum atomic E-state index is -0.663. The van der Waals surface area contributed by atoms with Crippen molar-refractivity contribution in [2.24, 2.45) is 0 Å². The molecule has 31 heavy (non-hydrogen) atoms. The zero-order chi connectivity index (χ0) is 20.9. The van der Waals surface area contributed by atoms with Crippen molar-refractivity contribution in [3.63, 3.8) is 0 Å². The molecule has 2 aromatic carbocycles. The Hall–Kier alpha value is -2.71. The van der Waals surface area contributed by atoms with Gasteiger partial charge in [-0.15, -0.1) is 12.4 Å². The second-order valence-electron chi connectivity index (χ2n) is 7.37. The molecule has 0 bridgehead atoms. The Morgan fingerprint density at radius 1 is 1.19 bits per heavy atom. The van der Waals surface area contributed by atoms with Gasteiger partial charge >= 0.3 is 0 Å². The Kier molecular flexibility index (Phi) is 7.81. The molecule has 1 atom stereocenters. The van der Waals surface area contributed by atoms with Crippen LogP contribution in [0.25, 0.3) is 23.1 Å². The average molecular weight is 443 g/mol. The van der Waals surface area contributed by atoms with Gasteiger partial charge in [-0.05, 0) is 29.8 Å². The van der Waals surface area contributed by atoms with Gasteiger partial charge in [0.1, 0.15) is 6.23 Å². The first-order valence-electron chi connectivity index (χ1n) is 10.1. The van der Waals surface area contributed by atoms with Crippen LogP contribution in [-0.2, 0) is 4.74 Å². The number of aromatic nitrogens is 2. The molecule has 164 valence electrons. The Morgan fingerprint density at radius 3 is 2.71 bits per heavy atom. The number of halogens is 1. The van der Waals surface area contributed by atoms with E-state index in [2.05, 4.69) is 10.2 Å². The smallest absolute Gasteiger partial charge is 0.254 e. The number of H-pyrrole nitrogens is 1. The first-order chi connectivity index (χ1) is 14.7. The summed E-state index contributed by atoms with van der Waals surface area (Å²) in [6, 6.07) is 15.5. The zero-order valence-corrected chi connectivity index (χ0v) is 18.2. The molecule has 1 aromatic heterocycles. The van der Waals surface area contributed by atoms with Crippen LogP contribution in [0, 0.1) is 0 Å². The molecule has 1 unspecified atom stereocenters. The predicted molar refractivity (Wildman–Crippen MR) is 124 cm³/mol. The van der Waals surface area contributed by atoms with Gasteiger partial charge in [0.05, 0.1) is 24.4 Å². The number of nitrogens with one attached hydrogen (secondary N) is 1. The van der Waals surface area contributed by atoms with Crippen LogP contribution in [0.3, 0.4) is 0 Å². The van der Waals surface area contributed by atoms with E-state index in [1.807, 2.05) is 65.6 Å². The molecule has 1 fully saturated rings. The van der Waals surface area contributed by atoms with E-state index in [0.29, 0.717) is 38.3 Å². The van der Waals surface area contributed by atoms with Gasteiger partial charge in [0, 0.05) is 37.7 Å². The largest absolute Gasteiger partial charge is 0.383 e. The fourth-order valence-corrected chi connectivity index (χ4v) is 3.66. The molecule has 2 heterocycles. The summed E-state index contributed by atoms with van der Waals surface area (Å²) in [6.07, 6.45) is 3.28. The lowest BCUT2D eigenvalue weighted by molar-refractivity contribution is -0.0557. The maximum atomic E-state index is 12.8. The standard InChI is InChI=1S/C23H26N4O3.ClH/c1-30-15-14-26-12-13-27(16-22(26)28)23(29)18-9-6-17(7-10-18)8-11-21-19-4-2-3-5-20(19)24-25-21;/h2-11,22,28H,12-16H2,1H3,(H,24,25);1H. The number of β-amino-alcohol motifs (C(OH)–C–C–N with tert-alkyl or cyclic N) is 1. The number of rotatable bonds is 6. The molecular formula is C23H27ClN4O3. The molecular weight excluding hydrogens is 416 g/mol. The van der Waals surface area contributed by atoms with E-state index in [4.69, 9.17) is 4.74 Å². The Balaban J connectivity index is 0.00000272. The van der Waals surface area contributed by atoms with Crippen molar-refractivity contribution in [3.05, 3.63) is 65.4 Å². The second kappa shape index (κ2) is 10.5. The van der Waals surface area contributed by atoms with Crippen LogP contribution in [0.15, 0.2) is 48.5 Å². The third-order valence-corrected chi connectivity index (χ3v) is 5.42. The van der Waals surface area contributed by atoms with Gasteiger partial charge in [-0.1, -0.05) is 36.4 Å². The van der Waals surface area contributed by atoms with E-state index in [1.54, 1.807) is 12.0 Å². The van der Waals surface area contributed by atoms with E-state index in [9.17, 15) is 9.90 Å². The van der Waals surface area contributed by atoms with Crippen LogP contribution in [0.4, 0.5) is 0 Å². The number of benzene rings is 2. The molecule has 0 saturated carbocycles. The molecule has 4 rings (SSSR count). The zero-order valence-electron chi connectivity index (χ0n) is 17.4. The van der Waals surface area contributed by atoms with Crippen molar-refractivity contribution in [2.45, 2.75) is 6.23 Å². The SMILES string of the molecule is COCCN1CCN(C(=O)c2ccc(C=Cc3n[nH]c4ccccc34)cc2)CC1O.Cl. The van der Waals surface area contributed by atoms with E-state index in [-0.39, 0.29) is 18.3 Å². The van der Waals surface area contributed by atoms with E-state index in [1.165, 1.54) is 0 Å². The molecule has 3 aromatic rings. The highest BCUT2D eigenvalue weighted by Gasteiger charge is 2.28. The van der Waals surface area contributed by atoms with Crippen LogP contribution in [0.5, 0.6) is 0 Å². The highest BCUT2D eigenvalue weighted by Crippen LogP contribution is 2.18. The lowest BCUT2D eigenvalue weighted by Crippen LogP contribution is -2.55. The lowest BCUT2D eigenvalue weighted by atomic mass is 10.1. The number of piperazine rings is 1. The number of aliphatic hydroxyl groups is 1. The molecule has 2 N–H and O–H groups in total. The van der Waals surface area contributed by atoms with E-state index in [0.717, 1.165) is 22.2 Å². The Labute approximate surface area is 187 Å². The van der Waals surface area contributed by atoms with Gasteiger partial charge in [-0.2, -0.15) is 5.10 Å². The minimum Gasteiger partial charge on any atom is -0.383 e. The average Bonchev–Trinajstić information content (AvgIpc) is 3.20. The minimum absolute atomic E-state index is 0. The summed E-state index contributed by atoms with van der Waals surface area (Å²) in [5, 5.41) is 18.7. The molecule has 1 aliphatic rings. The molecule has 0 spiro atoms. The highest BCUT2D eigenvalue weighted by atomic mass is 35.5. The number of fused-ring (bicyclic) bond motifs is 1. The summed E-state index contributed by atoms with van der Waals surface area (Å²) in [4.78, 5) is 16.4. The Morgan fingerprint density at radius 2 is 1.97 bits per heavy atom. The highest BCUT2D eigenvalue weighted by molar-refractivity contribution is 5.95. The maximum absolute atomic E-state index is 12.8. The molecule has 0 aliphatic carbocycles. The normalized spacial score (nSPS) is 17.2. The van der Waals surface area contributed by atoms with Crippen LogP contribution < -0.4 is 0 Å². The summed E-state index contributed by atoms with van der Waals surface area (Å²) in [6.45, 7) is 2.75. The third kappa shape index (κ3) is 5.32. The number of hydrogen-bond donors (Lipinski definition) is 2. The molecule has 1 saturated heterocycles. The van der Waals surface area contributed by atoms with Crippen LogP contribution >= 0.6 is 12.4 Å². The van der Waals surface area contributed by atoms with E-state index >= 15 is 0 Å². The van der Waals surface area contributed by atoms with Gasteiger partial charge in [-0.3, -0.25) is 14.8 Å². The number of para-hydroxylation sites is 1. The maximum Gasteiger partial charge on any atom is 0.254 e. The number of amides is 1. The van der Waals surface area contributed by atoms with Gasteiger partial charge in [0.25, 0.3) is 5.91 Å². The Bertz CT molecular complexity index is 1030. The monoisotopic (exact) mass is 442 g/mol. The van der Waals surface area contributed by atoms with Crippen molar-refractivity contribution < 1.29 is 14.6 Å². The number of methoxy groups -OCH3 is 1. The number of aliphatic hydroxyl groups excluding tert-OH is 1. The predicted octanol–water partition coefficient (Wildman–Crippen LogP) is 2.88. The molecule has 1 aliphatic heterocycles. The fourth-order valence-electron chi connectivity index (χ4n) is 3.66. The molecule has 0 radical (unpaired) electrons. The summed E-state index contributed by atoms with van der Waals surface area (Å²) < 4.78 is 5.07. The second-order valence-corrected chi connectivity index (χ2v) is 7.37. The quantitative estimate of drug-likeness (QED) is 0.613. The van der Waals surface area contributed by atoms with Gasteiger partial charge in [-0.25, -0.2) is 0 Å². The number of hydrogen-bond acceptors (Lipinski definition) is 5. The molecule has 1 amide bonds. The first-order valence-corrected chi connectivity index (χ1v) is 10.1. The number of carbonyl (C=O) groups excluding carboxylic acids is 1. The summed E-state index contributed by atoms with van der Waals surface area (Å²) in [5.41, 5.74) is 3.49. The number of ether oxygens (including phenoxy) is 1. The van der Waals surface area contributed by atoms with Crippen molar-refractivity contribution >= 4 is 41.4 Å². The van der Waals surface area contributed by atoms with Gasteiger partial charge in [0.15, 0.2) is 0 Å². The topological polar surface area (TPSA) is 81.7 Å². The van der Waals surface area contributed by atoms with Crippen LogP contribution in [-0.4, -0.2) is 77.1 Å². The first kappa shape index (κ1) is 23.0. The number of carbonyl (C=O) groups is 1. The van der Waals surface area contributed by atoms with Crippen LogP contribution in [0.2, 0.25) is 0 Å². The number of aromatic amines is 1. The van der Waals surface area contributed by atoms with Crippen molar-refractivity contribution in [2.75, 3.05) is 39.9 Å². The third-order valence-electron chi connectivity index (χ3n) is 5.42. The number of nitrogens with zero attached hydrogens (tertiary/aromatic N) is 3. The van der Waals surface area contributed by atoms with Crippen LogP contribution in [0.1, 0.15) is 21.6 Å². The molecule has 8 heteroatoms. The van der Waals surface area contributed by atoms with Crippen molar-refractivity contribution in [3.8, 4) is 0 Å². The summed E-state index contributed by atoms with van der Waals surface area (Å²) in [7, 11) is 1.64. The van der Waals surface area contributed by atoms with Crippen molar-refractivity contribution in [1.29, 1.82) is 0 Å². The van der Waals surface area contributed by atoms with E-state index < -0.39 is 6.23 Å².